The highest BCUT2D eigenvalue weighted by Crippen LogP contribution is 2.40. The highest BCUT2D eigenvalue weighted by atomic mass is 32.2. The normalized spacial score (nSPS) is 22.6. The van der Waals surface area contributed by atoms with Gasteiger partial charge in [0.25, 0.3) is 0 Å². The molecule has 0 aliphatic carbocycles. The Hall–Kier alpha value is -2.36. The SMILES string of the molecule is Cc1ccc(SC2C(=O)CC(c3ccccc3)NC2c2ccccc2)cc1. The number of hydrogen-bond acceptors (Lipinski definition) is 3. The maximum Gasteiger partial charge on any atom is 0.150 e. The van der Waals surface area contributed by atoms with Gasteiger partial charge < -0.3 is 5.32 Å². The Morgan fingerprint density at radius 1 is 0.815 bits per heavy atom. The molecule has 0 aromatic heterocycles. The Balaban J connectivity index is 1.64. The van der Waals surface area contributed by atoms with Crippen molar-refractivity contribution < 1.29 is 4.79 Å². The number of nitrogens with one attached hydrogen (secondary N) is 1. The zero-order chi connectivity index (χ0) is 18.6. The zero-order valence-electron chi connectivity index (χ0n) is 15.3. The molecule has 3 aromatic carbocycles. The molecule has 2 nitrogen and oxygen atoms in total. The highest BCUT2D eigenvalue weighted by molar-refractivity contribution is 8.00. The van der Waals surface area contributed by atoms with Gasteiger partial charge in [-0.3, -0.25) is 4.79 Å². The molecule has 1 saturated heterocycles. The molecule has 3 heteroatoms. The fraction of sp³-hybridized carbons (Fsp3) is 0.208. The van der Waals surface area contributed by atoms with Gasteiger partial charge in [0.1, 0.15) is 5.78 Å². The predicted molar refractivity (Wildman–Crippen MR) is 112 cm³/mol. The Kier molecular flexibility index (Phi) is 5.42. The second-order valence-electron chi connectivity index (χ2n) is 7.04. The van der Waals surface area contributed by atoms with Gasteiger partial charge in [-0.1, -0.05) is 78.4 Å². The number of hydrogen-bond donors (Lipinski definition) is 1. The molecule has 1 aliphatic heterocycles. The van der Waals surface area contributed by atoms with E-state index in [0.717, 1.165) is 10.5 Å². The molecule has 0 spiro atoms. The summed E-state index contributed by atoms with van der Waals surface area (Å²) in [6.07, 6.45) is 0.525. The molecule has 1 N–H and O–H groups in total. The van der Waals surface area contributed by atoms with Gasteiger partial charge >= 0.3 is 0 Å². The van der Waals surface area contributed by atoms with Gasteiger partial charge in [-0.15, -0.1) is 11.8 Å². The lowest BCUT2D eigenvalue weighted by Crippen LogP contribution is -2.44. The maximum atomic E-state index is 13.2. The van der Waals surface area contributed by atoms with Gasteiger partial charge in [0, 0.05) is 17.4 Å². The first-order valence-corrected chi connectivity index (χ1v) is 10.2. The van der Waals surface area contributed by atoms with Crippen LogP contribution in [0.4, 0.5) is 0 Å². The summed E-state index contributed by atoms with van der Waals surface area (Å²) < 4.78 is 0. The molecular formula is C24H23NOS. The van der Waals surface area contributed by atoms with E-state index in [4.69, 9.17) is 0 Å². The Labute approximate surface area is 165 Å². The number of carbonyl (C=O) groups excluding carboxylic acids is 1. The van der Waals surface area contributed by atoms with E-state index in [1.165, 1.54) is 11.1 Å². The standard InChI is InChI=1S/C24H23NOS/c1-17-12-14-20(15-13-17)27-24-22(26)16-21(18-8-4-2-5-9-18)25-23(24)19-10-6-3-7-11-19/h2-15,21,23-25H,16H2,1H3. The molecule has 4 rings (SSSR count). The van der Waals surface area contributed by atoms with Gasteiger partial charge in [0.2, 0.25) is 0 Å². The summed E-state index contributed by atoms with van der Waals surface area (Å²) in [6.45, 7) is 2.08. The summed E-state index contributed by atoms with van der Waals surface area (Å²) in [5.41, 5.74) is 3.57. The van der Waals surface area contributed by atoms with Crippen LogP contribution in [-0.4, -0.2) is 11.0 Å². The van der Waals surface area contributed by atoms with Gasteiger partial charge in [-0.2, -0.15) is 0 Å². The molecule has 1 fully saturated rings. The van der Waals surface area contributed by atoms with E-state index < -0.39 is 0 Å². The number of rotatable bonds is 4. The highest BCUT2D eigenvalue weighted by Gasteiger charge is 2.38. The van der Waals surface area contributed by atoms with Gasteiger partial charge in [-0.05, 0) is 30.2 Å². The van der Waals surface area contributed by atoms with Crippen molar-refractivity contribution in [3.8, 4) is 0 Å². The minimum absolute atomic E-state index is 0.0102. The molecule has 1 aliphatic rings. The third kappa shape index (κ3) is 4.15. The Bertz CT molecular complexity index is 893. The molecule has 0 amide bonds. The number of ketones is 1. The average Bonchev–Trinajstić information content (AvgIpc) is 2.72. The van der Waals surface area contributed by atoms with E-state index in [0.29, 0.717) is 12.2 Å². The Morgan fingerprint density at radius 3 is 2.04 bits per heavy atom. The van der Waals surface area contributed by atoms with E-state index in [2.05, 4.69) is 60.8 Å². The fourth-order valence-corrected chi connectivity index (χ4v) is 4.78. The third-order valence-electron chi connectivity index (χ3n) is 5.05. The van der Waals surface area contributed by atoms with Crippen molar-refractivity contribution in [3.05, 3.63) is 102 Å². The summed E-state index contributed by atoms with van der Waals surface area (Å²) in [7, 11) is 0. The minimum Gasteiger partial charge on any atom is -0.301 e. The lowest BCUT2D eigenvalue weighted by atomic mass is 9.89. The van der Waals surface area contributed by atoms with Gasteiger partial charge in [0.05, 0.1) is 11.3 Å². The molecule has 3 unspecified atom stereocenters. The van der Waals surface area contributed by atoms with Crippen molar-refractivity contribution in [1.82, 2.24) is 5.32 Å². The van der Waals surface area contributed by atoms with Crippen molar-refractivity contribution in [1.29, 1.82) is 0 Å². The minimum atomic E-state index is -0.130. The van der Waals surface area contributed by atoms with Crippen LogP contribution in [-0.2, 0) is 4.79 Å². The third-order valence-corrected chi connectivity index (χ3v) is 6.38. The molecule has 27 heavy (non-hydrogen) atoms. The number of piperidine rings is 1. The summed E-state index contributed by atoms with van der Waals surface area (Å²) >= 11 is 1.67. The van der Waals surface area contributed by atoms with E-state index in [-0.39, 0.29) is 17.3 Å². The van der Waals surface area contributed by atoms with Crippen LogP contribution < -0.4 is 5.32 Å². The summed E-state index contributed by atoms with van der Waals surface area (Å²) in [6, 6.07) is 29.1. The molecule has 0 bridgehead atoms. The van der Waals surface area contributed by atoms with E-state index in [1.807, 2.05) is 36.4 Å². The van der Waals surface area contributed by atoms with Crippen molar-refractivity contribution >= 4 is 17.5 Å². The monoisotopic (exact) mass is 373 g/mol. The quantitative estimate of drug-likeness (QED) is 0.655. The number of Topliss-reactive ketones (excluding diaryl/α,β-unsaturated/α-hetero) is 1. The topological polar surface area (TPSA) is 29.1 Å². The lowest BCUT2D eigenvalue weighted by molar-refractivity contribution is -0.121. The molecule has 0 saturated carbocycles. The van der Waals surface area contributed by atoms with Gasteiger partial charge in [0.15, 0.2) is 0 Å². The van der Waals surface area contributed by atoms with Crippen LogP contribution in [0.2, 0.25) is 0 Å². The first kappa shape index (κ1) is 18.0. The fourth-order valence-electron chi connectivity index (χ4n) is 3.59. The first-order chi connectivity index (χ1) is 13.2. The number of aryl methyl sites for hydroxylation is 1. The second kappa shape index (κ2) is 8.12. The first-order valence-electron chi connectivity index (χ1n) is 9.33. The predicted octanol–water partition coefficient (Wildman–Crippen LogP) is 5.50. The Morgan fingerprint density at radius 2 is 1.41 bits per heavy atom. The summed E-state index contributed by atoms with van der Waals surface area (Å²) in [4.78, 5) is 14.3. The summed E-state index contributed by atoms with van der Waals surface area (Å²) in [5, 5.41) is 3.63. The number of carbonyl (C=O) groups is 1. The van der Waals surface area contributed by atoms with Crippen molar-refractivity contribution in [3.63, 3.8) is 0 Å². The molecule has 3 aromatic rings. The van der Waals surface area contributed by atoms with Crippen LogP contribution in [0.25, 0.3) is 0 Å². The van der Waals surface area contributed by atoms with E-state index >= 15 is 0 Å². The maximum absolute atomic E-state index is 13.2. The number of benzene rings is 3. The van der Waals surface area contributed by atoms with Crippen LogP contribution in [0, 0.1) is 6.92 Å². The smallest absolute Gasteiger partial charge is 0.150 e. The van der Waals surface area contributed by atoms with Crippen molar-refractivity contribution in [2.24, 2.45) is 0 Å². The molecular weight excluding hydrogens is 350 g/mol. The molecule has 136 valence electrons. The van der Waals surface area contributed by atoms with E-state index in [9.17, 15) is 4.79 Å². The summed E-state index contributed by atoms with van der Waals surface area (Å²) in [5.74, 6) is 0.307. The molecule has 3 atom stereocenters. The van der Waals surface area contributed by atoms with Crippen LogP contribution >= 0.6 is 11.8 Å². The van der Waals surface area contributed by atoms with Crippen LogP contribution in [0.15, 0.2) is 89.8 Å². The van der Waals surface area contributed by atoms with Crippen LogP contribution in [0.3, 0.4) is 0 Å². The zero-order valence-corrected chi connectivity index (χ0v) is 16.2. The van der Waals surface area contributed by atoms with Gasteiger partial charge in [-0.25, -0.2) is 0 Å². The van der Waals surface area contributed by atoms with Crippen molar-refractivity contribution in [2.75, 3.05) is 0 Å². The molecule has 1 heterocycles. The lowest BCUT2D eigenvalue weighted by Gasteiger charge is -2.37. The van der Waals surface area contributed by atoms with Crippen molar-refractivity contribution in [2.45, 2.75) is 35.6 Å². The second-order valence-corrected chi connectivity index (χ2v) is 8.26. The van der Waals surface area contributed by atoms with E-state index in [1.54, 1.807) is 11.8 Å². The number of thioether (sulfide) groups is 1. The molecule has 0 radical (unpaired) electrons. The largest absolute Gasteiger partial charge is 0.301 e. The van der Waals surface area contributed by atoms with Crippen LogP contribution in [0.5, 0.6) is 0 Å². The van der Waals surface area contributed by atoms with Crippen LogP contribution in [0.1, 0.15) is 35.2 Å². The average molecular weight is 374 g/mol.